The van der Waals surface area contributed by atoms with Crippen LogP contribution in [0.3, 0.4) is 0 Å². The average Bonchev–Trinajstić information content (AvgIpc) is 0. The molecule has 44 valence electrons. The third-order valence-electron chi connectivity index (χ3n) is 0. The van der Waals surface area contributed by atoms with Gasteiger partial charge in [-0.2, -0.15) is 0 Å². The molecule has 0 aliphatic rings. The second-order valence-electron chi connectivity index (χ2n) is 0. The molecule has 0 aromatic carbocycles. The van der Waals surface area contributed by atoms with Crippen LogP contribution < -0.4 is 0 Å². The van der Waals surface area contributed by atoms with Crippen LogP contribution in [-0.4, -0.2) is 89.3 Å². The molecule has 0 heterocycles. The van der Waals surface area contributed by atoms with Gasteiger partial charge in [-0.1, -0.05) is 0 Å². The molecule has 5 nitrogen and oxygen atoms in total. The number of hydrogen-bond acceptors (Lipinski definition) is 0. The minimum absolute atomic E-state index is 0. The van der Waals surface area contributed by atoms with Crippen LogP contribution in [0.15, 0.2) is 0 Å². The number of hydrogen-bond donors (Lipinski definition) is 0. The molecule has 9 heteroatoms. The molecule has 0 radical (unpaired) electrons. The third kappa shape index (κ3) is 71.2. The molecular formula is AlBaEuMgO5. The average molecular weight is 421 g/mol. The number of rotatable bonds is 0. The second kappa shape index (κ2) is 85.8. The van der Waals surface area contributed by atoms with Crippen LogP contribution in [-0.2, 0) is 27.4 Å². The quantitative estimate of drug-likeness (QED) is 0.410. The van der Waals surface area contributed by atoms with E-state index >= 15 is 0 Å². The monoisotopic (exact) mass is 422 g/mol. The fourth-order valence-corrected chi connectivity index (χ4v) is 0. The molecule has 0 spiro atoms. The van der Waals surface area contributed by atoms with Crippen LogP contribution in [0, 0.1) is 49.4 Å². The van der Waals surface area contributed by atoms with E-state index in [4.69, 9.17) is 0 Å². The Bertz CT molecular complexity index is 16.9. The summed E-state index contributed by atoms with van der Waals surface area (Å²) in [4.78, 5) is 0. The Morgan fingerprint density at radius 1 is 0.556 bits per heavy atom. The van der Waals surface area contributed by atoms with Crippen LogP contribution in [0.25, 0.3) is 0 Å². The van der Waals surface area contributed by atoms with E-state index in [9.17, 15) is 0 Å². The molecule has 0 aliphatic carbocycles. The first-order valence-corrected chi connectivity index (χ1v) is 0. The summed E-state index contributed by atoms with van der Waals surface area (Å²) in [7, 11) is 0. The Balaban J connectivity index is 0. The summed E-state index contributed by atoms with van der Waals surface area (Å²) in [5.41, 5.74) is 0. The summed E-state index contributed by atoms with van der Waals surface area (Å²) < 4.78 is 0. The van der Waals surface area contributed by atoms with Crippen molar-refractivity contribution >= 4 is 89.3 Å². The summed E-state index contributed by atoms with van der Waals surface area (Å²) in [5, 5.41) is 0. The molecule has 0 aliphatic heterocycles. The van der Waals surface area contributed by atoms with E-state index in [1.165, 1.54) is 0 Å². The Labute approximate surface area is 162 Å². The maximum Gasteiger partial charge on any atom is 3.00 e. The molecule has 0 aromatic rings. The fourth-order valence-electron chi connectivity index (χ4n) is 0. The van der Waals surface area contributed by atoms with Gasteiger partial charge in [-0.25, -0.2) is 0 Å². The first kappa shape index (κ1) is 110. The van der Waals surface area contributed by atoms with Crippen LogP contribution >= 0.6 is 0 Å². The largest absolute Gasteiger partial charge is 3.00 e. The van der Waals surface area contributed by atoms with Gasteiger partial charge in [0, 0.05) is 0 Å². The fraction of sp³-hybridized carbons (Fsp3) is 0. The molecule has 0 bridgehead atoms. The van der Waals surface area contributed by atoms with Gasteiger partial charge in [0.1, 0.15) is 0 Å². The van der Waals surface area contributed by atoms with Crippen molar-refractivity contribution in [1.29, 1.82) is 0 Å². The summed E-state index contributed by atoms with van der Waals surface area (Å²) >= 11 is 0. The predicted octanol–water partition coefficient (Wildman–Crippen LogP) is -1.74. The summed E-state index contributed by atoms with van der Waals surface area (Å²) in [6.45, 7) is 0. The molecule has 9 heavy (non-hydrogen) atoms. The standard InChI is InChI=1S/Al.Ba.Eu.Mg.5O/q+3;+2;+3;+2;5*-2. The van der Waals surface area contributed by atoms with E-state index in [-0.39, 0.29) is 166 Å². The van der Waals surface area contributed by atoms with E-state index in [0.29, 0.717) is 0 Å². The van der Waals surface area contributed by atoms with Crippen LogP contribution in [0.2, 0.25) is 0 Å². The van der Waals surface area contributed by atoms with Gasteiger partial charge in [0.25, 0.3) is 0 Å². The summed E-state index contributed by atoms with van der Waals surface area (Å²) in [6, 6.07) is 0. The van der Waals surface area contributed by atoms with Crippen molar-refractivity contribution in [3.05, 3.63) is 0 Å². The van der Waals surface area contributed by atoms with Crippen molar-refractivity contribution < 1.29 is 76.8 Å². The molecular weight excluding hydrogens is 421 g/mol. The van der Waals surface area contributed by atoms with E-state index in [0.717, 1.165) is 0 Å². The van der Waals surface area contributed by atoms with Gasteiger partial charge < -0.3 is 27.4 Å². The third-order valence-corrected chi connectivity index (χ3v) is 0. The Morgan fingerprint density at radius 2 is 0.556 bits per heavy atom. The second-order valence-corrected chi connectivity index (χ2v) is 0. The van der Waals surface area contributed by atoms with Crippen LogP contribution in [0.4, 0.5) is 0 Å². The van der Waals surface area contributed by atoms with Gasteiger partial charge in [-0.05, 0) is 0 Å². The van der Waals surface area contributed by atoms with Crippen molar-refractivity contribution in [3.8, 4) is 0 Å². The molecule has 0 saturated carbocycles. The summed E-state index contributed by atoms with van der Waals surface area (Å²) in [5.74, 6) is 0. The van der Waals surface area contributed by atoms with E-state index in [2.05, 4.69) is 0 Å². The van der Waals surface area contributed by atoms with Gasteiger partial charge in [-0.3, -0.25) is 0 Å². The van der Waals surface area contributed by atoms with Gasteiger partial charge in [0.05, 0.1) is 0 Å². The molecule has 0 atom stereocenters. The molecule has 0 rings (SSSR count). The molecule has 0 aromatic heterocycles. The zero-order valence-corrected chi connectivity index (χ0v) is 13.8. The minimum atomic E-state index is 0. The van der Waals surface area contributed by atoms with Crippen molar-refractivity contribution in [1.82, 2.24) is 0 Å². The van der Waals surface area contributed by atoms with E-state index < -0.39 is 0 Å². The summed E-state index contributed by atoms with van der Waals surface area (Å²) in [6.07, 6.45) is 0. The first-order chi connectivity index (χ1) is 0. The Hall–Kier alpha value is 4.25. The van der Waals surface area contributed by atoms with Crippen molar-refractivity contribution in [2.24, 2.45) is 0 Å². The Morgan fingerprint density at radius 3 is 0.556 bits per heavy atom. The van der Waals surface area contributed by atoms with Crippen molar-refractivity contribution in [2.45, 2.75) is 0 Å². The van der Waals surface area contributed by atoms with Crippen molar-refractivity contribution in [3.63, 3.8) is 0 Å². The zero-order valence-electron chi connectivity index (χ0n) is 4.41. The van der Waals surface area contributed by atoms with Gasteiger partial charge in [-0.15, -0.1) is 0 Å². The topological polar surface area (TPSA) is 142 Å². The van der Waals surface area contributed by atoms with Crippen LogP contribution in [0.5, 0.6) is 0 Å². The smallest absolute Gasteiger partial charge is 2.00 e. The zero-order chi connectivity index (χ0) is 0. The van der Waals surface area contributed by atoms with Crippen LogP contribution in [0.1, 0.15) is 0 Å². The SMILES string of the molecule is [Al+3].[Ba+2].[Eu+3].[Mg+2].[O-2].[O-2].[O-2].[O-2].[O-2]. The molecule has 0 N–H and O–H groups in total. The van der Waals surface area contributed by atoms with Gasteiger partial charge in [0.2, 0.25) is 0 Å². The first-order valence-electron chi connectivity index (χ1n) is 0. The predicted molar refractivity (Wildman–Crippen MR) is 20.7 cm³/mol. The van der Waals surface area contributed by atoms with Gasteiger partial charge >= 0.3 is 139 Å². The van der Waals surface area contributed by atoms with Crippen molar-refractivity contribution in [2.75, 3.05) is 0 Å². The Kier molecular flexibility index (Phi) is 1050. The maximum absolute atomic E-state index is 0. The van der Waals surface area contributed by atoms with Gasteiger partial charge in [0.15, 0.2) is 0 Å². The minimum Gasteiger partial charge on any atom is -2.00 e. The molecule has 0 unspecified atom stereocenters. The van der Waals surface area contributed by atoms with E-state index in [1.54, 1.807) is 0 Å². The maximum atomic E-state index is 0. The normalized spacial score (nSPS) is 0. The molecule has 0 amide bonds. The molecule has 0 fully saturated rings. The van der Waals surface area contributed by atoms with E-state index in [1.807, 2.05) is 0 Å². The molecule has 0 saturated heterocycles.